The third-order valence-electron chi connectivity index (χ3n) is 4.10. The van der Waals surface area contributed by atoms with Gasteiger partial charge < -0.3 is 14.1 Å². The molecule has 6 heteroatoms. The van der Waals surface area contributed by atoms with Crippen LogP contribution in [0.15, 0.2) is 65.3 Å². The van der Waals surface area contributed by atoms with E-state index in [1.807, 2.05) is 13.8 Å². The molecule has 0 atom stereocenters. The van der Waals surface area contributed by atoms with Crippen LogP contribution in [0.5, 0.6) is 5.75 Å². The highest BCUT2D eigenvalue weighted by molar-refractivity contribution is 6.31. The van der Waals surface area contributed by atoms with Gasteiger partial charge in [0.05, 0.1) is 25.5 Å². The lowest BCUT2D eigenvalue weighted by molar-refractivity contribution is 0.0716. The summed E-state index contributed by atoms with van der Waals surface area (Å²) < 4.78 is 25.3. The van der Waals surface area contributed by atoms with Crippen molar-refractivity contribution >= 4 is 17.5 Å². The zero-order valence-electron chi connectivity index (χ0n) is 15.7. The first kappa shape index (κ1) is 20.0. The van der Waals surface area contributed by atoms with Crippen LogP contribution in [0.1, 0.15) is 35.5 Å². The van der Waals surface area contributed by atoms with E-state index >= 15 is 0 Å². The molecule has 0 aliphatic carbocycles. The van der Waals surface area contributed by atoms with Crippen LogP contribution in [-0.4, -0.2) is 16.9 Å². The van der Waals surface area contributed by atoms with Gasteiger partial charge in [-0.1, -0.05) is 17.7 Å². The minimum atomic E-state index is -0.453. The molecule has 0 radical (unpaired) electrons. The fraction of sp³-hybridized carbons (Fsp3) is 0.227. The molecular formula is C22H21ClFNO3. The summed E-state index contributed by atoms with van der Waals surface area (Å²) >= 11 is 6.16. The van der Waals surface area contributed by atoms with Crippen LogP contribution >= 0.6 is 11.6 Å². The summed E-state index contributed by atoms with van der Waals surface area (Å²) in [5.74, 6) is 0.569. The molecule has 0 bridgehead atoms. The van der Waals surface area contributed by atoms with Crippen LogP contribution in [0.2, 0.25) is 5.02 Å². The van der Waals surface area contributed by atoms with E-state index in [1.54, 1.807) is 42.5 Å². The number of benzene rings is 2. The minimum Gasteiger partial charge on any atom is -0.491 e. The second kappa shape index (κ2) is 8.93. The highest BCUT2D eigenvalue weighted by Crippen LogP contribution is 2.24. The lowest BCUT2D eigenvalue weighted by Crippen LogP contribution is -2.30. The molecule has 0 saturated carbocycles. The van der Waals surface area contributed by atoms with Gasteiger partial charge in [-0.25, -0.2) is 4.39 Å². The Kier molecular flexibility index (Phi) is 6.37. The van der Waals surface area contributed by atoms with Crippen LogP contribution in [0.4, 0.5) is 4.39 Å². The number of ether oxygens (including phenoxy) is 1. The van der Waals surface area contributed by atoms with E-state index in [0.717, 1.165) is 0 Å². The van der Waals surface area contributed by atoms with Gasteiger partial charge in [0.1, 0.15) is 17.3 Å². The molecule has 0 N–H and O–H groups in total. The van der Waals surface area contributed by atoms with Gasteiger partial charge in [-0.2, -0.15) is 0 Å². The first-order chi connectivity index (χ1) is 13.4. The maximum absolute atomic E-state index is 14.3. The first-order valence-electron chi connectivity index (χ1n) is 8.95. The molecule has 2 aromatic carbocycles. The maximum atomic E-state index is 14.3. The summed E-state index contributed by atoms with van der Waals surface area (Å²) in [6.07, 6.45) is 1.58. The summed E-state index contributed by atoms with van der Waals surface area (Å²) in [6, 6.07) is 14.9. The van der Waals surface area contributed by atoms with Crippen LogP contribution in [0.3, 0.4) is 0 Å². The quantitative estimate of drug-likeness (QED) is 0.509. The van der Waals surface area contributed by atoms with Gasteiger partial charge in [-0.15, -0.1) is 0 Å². The van der Waals surface area contributed by atoms with Crippen molar-refractivity contribution in [2.45, 2.75) is 33.0 Å². The van der Waals surface area contributed by atoms with E-state index in [4.69, 9.17) is 20.8 Å². The predicted molar refractivity (Wildman–Crippen MR) is 106 cm³/mol. The van der Waals surface area contributed by atoms with Crippen molar-refractivity contribution in [3.05, 3.63) is 88.6 Å². The fourth-order valence-corrected chi connectivity index (χ4v) is 3.02. The molecule has 1 amide bonds. The van der Waals surface area contributed by atoms with E-state index in [1.165, 1.54) is 23.3 Å². The molecule has 3 rings (SSSR count). The van der Waals surface area contributed by atoms with Crippen LogP contribution in [0.25, 0.3) is 0 Å². The average molecular weight is 402 g/mol. The summed E-state index contributed by atoms with van der Waals surface area (Å²) in [5, 5.41) is 0.276. The van der Waals surface area contributed by atoms with Crippen LogP contribution < -0.4 is 4.74 Å². The highest BCUT2D eigenvalue weighted by atomic mass is 35.5. The van der Waals surface area contributed by atoms with Gasteiger partial charge >= 0.3 is 0 Å². The maximum Gasteiger partial charge on any atom is 0.254 e. The van der Waals surface area contributed by atoms with E-state index in [9.17, 15) is 9.18 Å². The summed E-state index contributed by atoms with van der Waals surface area (Å²) in [6.45, 7) is 4.08. The van der Waals surface area contributed by atoms with Crippen LogP contribution in [-0.2, 0) is 13.1 Å². The number of amides is 1. The number of halogens is 2. The Morgan fingerprint density at radius 3 is 2.46 bits per heavy atom. The van der Waals surface area contributed by atoms with E-state index in [2.05, 4.69) is 0 Å². The van der Waals surface area contributed by atoms with E-state index in [0.29, 0.717) is 17.1 Å². The second-order valence-corrected chi connectivity index (χ2v) is 7.04. The Balaban J connectivity index is 1.86. The lowest BCUT2D eigenvalue weighted by atomic mass is 10.1. The molecule has 4 nitrogen and oxygen atoms in total. The van der Waals surface area contributed by atoms with Crippen molar-refractivity contribution in [3.8, 4) is 5.75 Å². The first-order valence-corrected chi connectivity index (χ1v) is 9.33. The van der Waals surface area contributed by atoms with Crippen molar-refractivity contribution in [2.75, 3.05) is 0 Å². The molecule has 28 heavy (non-hydrogen) atoms. The van der Waals surface area contributed by atoms with Crippen LogP contribution in [0, 0.1) is 5.82 Å². The number of hydrogen-bond acceptors (Lipinski definition) is 3. The number of furan rings is 1. The monoisotopic (exact) mass is 401 g/mol. The highest BCUT2D eigenvalue weighted by Gasteiger charge is 2.21. The van der Waals surface area contributed by atoms with Crippen molar-refractivity contribution in [1.29, 1.82) is 0 Å². The Bertz CT molecular complexity index is 903. The number of hydrogen-bond donors (Lipinski definition) is 0. The number of carbonyl (C=O) groups excluding carboxylic acids is 1. The number of rotatable bonds is 7. The molecule has 0 saturated heterocycles. The summed E-state index contributed by atoms with van der Waals surface area (Å²) in [7, 11) is 0. The van der Waals surface area contributed by atoms with Gasteiger partial charge in [0.15, 0.2) is 0 Å². The molecule has 0 fully saturated rings. The SMILES string of the molecule is CC(C)Oc1ccc(C(=O)N(Cc2ccco2)Cc2c(F)cccc2Cl)cc1. The lowest BCUT2D eigenvalue weighted by Gasteiger charge is -2.23. The molecular weight excluding hydrogens is 381 g/mol. The van der Waals surface area contributed by atoms with Gasteiger partial charge in [0, 0.05) is 16.1 Å². The normalized spacial score (nSPS) is 10.9. The van der Waals surface area contributed by atoms with Gasteiger partial charge in [-0.05, 0) is 62.4 Å². The summed E-state index contributed by atoms with van der Waals surface area (Å²) in [5.41, 5.74) is 0.735. The molecule has 146 valence electrons. The zero-order chi connectivity index (χ0) is 20.1. The standard InChI is InChI=1S/C22H21ClFNO3/c1-15(2)28-17-10-8-16(9-11-17)22(26)25(13-18-5-4-12-27-18)14-19-20(23)6-3-7-21(19)24/h3-12,15H,13-14H2,1-2H3. The smallest absolute Gasteiger partial charge is 0.254 e. The third-order valence-corrected chi connectivity index (χ3v) is 4.45. The Morgan fingerprint density at radius 2 is 1.86 bits per heavy atom. The molecule has 0 unspecified atom stereocenters. The van der Waals surface area contributed by atoms with Gasteiger partial charge in [0.25, 0.3) is 5.91 Å². The van der Waals surface area contributed by atoms with Gasteiger partial charge in [0.2, 0.25) is 0 Å². The molecule has 3 aromatic rings. The van der Waals surface area contributed by atoms with Gasteiger partial charge in [-0.3, -0.25) is 4.79 Å². The largest absolute Gasteiger partial charge is 0.491 e. The number of nitrogens with zero attached hydrogens (tertiary/aromatic N) is 1. The van der Waals surface area contributed by atoms with E-state index < -0.39 is 5.82 Å². The van der Waals surface area contributed by atoms with Crippen molar-refractivity contribution in [2.24, 2.45) is 0 Å². The Morgan fingerprint density at radius 1 is 1.11 bits per heavy atom. The Labute approximate surface area is 168 Å². The summed E-state index contributed by atoms with van der Waals surface area (Å²) in [4.78, 5) is 14.6. The zero-order valence-corrected chi connectivity index (χ0v) is 16.4. The molecule has 0 aliphatic heterocycles. The second-order valence-electron chi connectivity index (χ2n) is 6.63. The molecule has 0 aliphatic rings. The Hall–Kier alpha value is -2.79. The predicted octanol–water partition coefficient (Wildman–Crippen LogP) is 5.70. The van der Waals surface area contributed by atoms with Crippen molar-refractivity contribution in [3.63, 3.8) is 0 Å². The minimum absolute atomic E-state index is 0.0231. The molecule has 0 spiro atoms. The molecule has 1 aromatic heterocycles. The average Bonchev–Trinajstić information content (AvgIpc) is 3.16. The van der Waals surface area contributed by atoms with Crippen molar-refractivity contribution in [1.82, 2.24) is 4.90 Å². The van der Waals surface area contributed by atoms with E-state index in [-0.39, 0.29) is 35.7 Å². The molecule has 1 heterocycles. The fourth-order valence-electron chi connectivity index (χ4n) is 2.80. The topological polar surface area (TPSA) is 42.7 Å². The van der Waals surface area contributed by atoms with Crippen molar-refractivity contribution < 1.29 is 18.3 Å². The third kappa shape index (κ3) is 4.93. The number of carbonyl (C=O) groups is 1.